The summed E-state index contributed by atoms with van der Waals surface area (Å²) in [7, 11) is 0. The Morgan fingerprint density at radius 1 is 1.00 bits per heavy atom. The summed E-state index contributed by atoms with van der Waals surface area (Å²) in [6.07, 6.45) is 0. The number of carbonyl (C=O) groups excluding carboxylic acids is 3. The fourth-order valence-corrected chi connectivity index (χ4v) is 4.40. The van der Waals surface area contributed by atoms with Crippen molar-refractivity contribution in [2.75, 3.05) is 18.8 Å². The quantitative estimate of drug-likeness (QED) is 0.340. The van der Waals surface area contributed by atoms with Gasteiger partial charge in [0.25, 0.3) is 5.91 Å². The maximum Gasteiger partial charge on any atom is 0.325 e. The van der Waals surface area contributed by atoms with Crippen molar-refractivity contribution < 1.29 is 14.4 Å². The predicted octanol–water partition coefficient (Wildman–Crippen LogP) is 3.52. The second-order valence-corrected chi connectivity index (χ2v) is 8.69. The Balaban J connectivity index is 1.37. The number of benzene rings is 3. The largest absolute Gasteiger partial charge is 0.354 e. The zero-order valence-electron chi connectivity index (χ0n) is 17.1. The molecule has 6 nitrogen and oxygen atoms in total. The van der Waals surface area contributed by atoms with Gasteiger partial charge in [0.15, 0.2) is 0 Å². The van der Waals surface area contributed by atoms with Gasteiger partial charge in [-0.05, 0) is 41.5 Å². The van der Waals surface area contributed by atoms with E-state index in [9.17, 15) is 14.4 Å². The van der Waals surface area contributed by atoms with Crippen LogP contribution >= 0.6 is 11.8 Å². The van der Waals surface area contributed by atoms with Gasteiger partial charge < -0.3 is 10.6 Å². The summed E-state index contributed by atoms with van der Waals surface area (Å²) < 4.78 is 0. The fraction of sp³-hybridized carbons (Fsp3) is 0.208. The van der Waals surface area contributed by atoms with Crippen LogP contribution in [-0.2, 0) is 15.1 Å². The van der Waals surface area contributed by atoms with E-state index < -0.39 is 17.5 Å². The SMILES string of the molecule is C[C@]1(c2ccc3ccccc3c2)NC(=O)N(CC(=O)NCCSc2ccccc2)C1=O. The summed E-state index contributed by atoms with van der Waals surface area (Å²) in [6.45, 7) is 1.82. The van der Waals surface area contributed by atoms with Gasteiger partial charge in [0.2, 0.25) is 5.91 Å². The molecule has 2 N–H and O–H groups in total. The highest BCUT2D eigenvalue weighted by atomic mass is 32.2. The summed E-state index contributed by atoms with van der Waals surface area (Å²) in [4.78, 5) is 40.0. The Bertz CT molecular complexity index is 1140. The molecular weight excluding hydrogens is 410 g/mol. The average Bonchev–Trinajstić information content (AvgIpc) is 3.01. The smallest absolute Gasteiger partial charge is 0.325 e. The van der Waals surface area contributed by atoms with Crippen LogP contribution < -0.4 is 10.6 Å². The Hall–Kier alpha value is -3.32. The number of urea groups is 1. The summed E-state index contributed by atoms with van der Waals surface area (Å²) >= 11 is 1.63. The zero-order chi connectivity index (χ0) is 21.8. The van der Waals surface area contributed by atoms with Crippen LogP contribution in [0.3, 0.4) is 0 Å². The van der Waals surface area contributed by atoms with Gasteiger partial charge in [-0.15, -0.1) is 11.8 Å². The molecule has 31 heavy (non-hydrogen) atoms. The molecule has 1 atom stereocenters. The second kappa shape index (κ2) is 8.81. The summed E-state index contributed by atoms with van der Waals surface area (Å²) in [5.74, 6) is -0.0912. The third-order valence-electron chi connectivity index (χ3n) is 5.34. The topological polar surface area (TPSA) is 78.5 Å². The third-order valence-corrected chi connectivity index (χ3v) is 6.35. The van der Waals surface area contributed by atoms with E-state index in [0.29, 0.717) is 17.9 Å². The molecule has 1 saturated heterocycles. The molecule has 7 heteroatoms. The lowest BCUT2D eigenvalue weighted by atomic mass is 9.90. The number of rotatable bonds is 7. The van der Waals surface area contributed by atoms with Gasteiger partial charge in [-0.2, -0.15) is 0 Å². The summed E-state index contributed by atoms with van der Waals surface area (Å²) in [6, 6.07) is 22.8. The van der Waals surface area contributed by atoms with Crippen molar-refractivity contribution >= 4 is 40.4 Å². The molecule has 1 aliphatic rings. The van der Waals surface area contributed by atoms with Gasteiger partial charge in [-0.1, -0.05) is 54.6 Å². The first kappa shape index (κ1) is 20.9. The van der Waals surface area contributed by atoms with Crippen molar-refractivity contribution in [2.45, 2.75) is 17.4 Å². The predicted molar refractivity (Wildman–Crippen MR) is 122 cm³/mol. The van der Waals surface area contributed by atoms with Crippen molar-refractivity contribution in [1.82, 2.24) is 15.5 Å². The molecule has 1 fully saturated rings. The molecule has 158 valence electrons. The van der Waals surface area contributed by atoms with Crippen molar-refractivity contribution in [2.24, 2.45) is 0 Å². The molecule has 1 heterocycles. The van der Waals surface area contributed by atoms with Crippen molar-refractivity contribution in [3.05, 3.63) is 78.4 Å². The van der Waals surface area contributed by atoms with Crippen molar-refractivity contribution in [3.8, 4) is 0 Å². The Kier molecular flexibility index (Phi) is 5.95. The number of thioether (sulfide) groups is 1. The van der Waals surface area contributed by atoms with Crippen LogP contribution in [0, 0.1) is 0 Å². The number of carbonyl (C=O) groups is 3. The molecule has 0 saturated carbocycles. The molecule has 4 rings (SSSR count). The van der Waals surface area contributed by atoms with E-state index >= 15 is 0 Å². The number of nitrogens with one attached hydrogen (secondary N) is 2. The highest BCUT2D eigenvalue weighted by molar-refractivity contribution is 7.99. The van der Waals surface area contributed by atoms with E-state index in [-0.39, 0.29) is 12.5 Å². The van der Waals surface area contributed by atoms with E-state index in [0.717, 1.165) is 20.6 Å². The van der Waals surface area contributed by atoms with E-state index in [2.05, 4.69) is 10.6 Å². The maximum atomic E-state index is 13.1. The minimum absolute atomic E-state index is 0.302. The highest BCUT2D eigenvalue weighted by Crippen LogP contribution is 2.30. The number of amides is 4. The van der Waals surface area contributed by atoms with Crippen LogP contribution in [-0.4, -0.2) is 41.6 Å². The number of imide groups is 1. The van der Waals surface area contributed by atoms with E-state index in [4.69, 9.17) is 0 Å². The molecular formula is C24H23N3O3S. The average molecular weight is 434 g/mol. The number of fused-ring (bicyclic) bond motifs is 1. The minimum atomic E-state index is -1.20. The summed E-state index contributed by atoms with van der Waals surface area (Å²) in [5.41, 5.74) is -0.517. The molecule has 0 spiro atoms. The fourth-order valence-electron chi connectivity index (χ4n) is 3.61. The molecule has 0 aliphatic carbocycles. The van der Waals surface area contributed by atoms with Crippen LogP contribution in [0.1, 0.15) is 12.5 Å². The van der Waals surface area contributed by atoms with Crippen molar-refractivity contribution in [1.29, 1.82) is 0 Å². The number of hydrogen-bond donors (Lipinski definition) is 2. The lowest BCUT2D eigenvalue weighted by molar-refractivity contribution is -0.134. The lowest BCUT2D eigenvalue weighted by Crippen LogP contribution is -2.43. The Labute approximate surface area is 185 Å². The maximum absolute atomic E-state index is 13.1. The van der Waals surface area contributed by atoms with Crippen LogP contribution in [0.5, 0.6) is 0 Å². The molecule has 4 amide bonds. The molecule has 0 unspecified atom stereocenters. The Morgan fingerprint density at radius 2 is 1.71 bits per heavy atom. The first-order valence-electron chi connectivity index (χ1n) is 10.1. The molecule has 3 aromatic rings. The second-order valence-electron chi connectivity index (χ2n) is 7.52. The number of hydrogen-bond acceptors (Lipinski definition) is 4. The van der Waals surface area contributed by atoms with Gasteiger partial charge >= 0.3 is 6.03 Å². The molecule has 0 radical (unpaired) electrons. The zero-order valence-corrected chi connectivity index (χ0v) is 17.9. The first-order chi connectivity index (χ1) is 15.0. The van der Waals surface area contributed by atoms with Gasteiger partial charge in [0, 0.05) is 17.2 Å². The number of nitrogens with zero attached hydrogens (tertiary/aromatic N) is 1. The van der Waals surface area contributed by atoms with Gasteiger partial charge in [-0.25, -0.2) is 4.79 Å². The van der Waals surface area contributed by atoms with E-state index in [1.165, 1.54) is 0 Å². The molecule has 3 aromatic carbocycles. The first-order valence-corrected chi connectivity index (χ1v) is 11.0. The summed E-state index contributed by atoms with van der Waals surface area (Å²) in [5, 5.41) is 7.57. The monoisotopic (exact) mass is 433 g/mol. The normalized spacial score (nSPS) is 18.3. The standard InChI is InChI=1S/C24H23N3O3S/c1-24(19-12-11-17-7-5-6-8-18(17)15-19)22(29)27(23(30)26-24)16-21(28)25-13-14-31-20-9-3-2-4-10-20/h2-12,15H,13-14,16H2,1H3,(H,25,28)(H,26,30)/t24-/m1/s1. The molecule has 0 bridgehead atoms. The van der Waals surface area contributed by atoms with Crippen molar-refractivity contribution in [3.63, 3.8) is 0 Å². The third kappa shape index (κ3) is 4.41. The molecule has 1 aliphatic heterocycles. The van der Waals surface area contributed by atoms with E-state index in [1.807, 2.05) is 72.8 Å². The van der Waals surface area contributed by atoms with E-state index in [1.54, 1.807) is 18.7 Å². The minimum Gasteiger partial charge on any atom is -0.354 e. The van der Waals surface area contributed by atoms with Gasteiger partial charge in [0.1, 0.15) is 12.1 Å². The Morgan fingerprint density at radius 3 is 2.48 bits per heavy atom. The van der Waals surface area contributed by atoms with Gasteiger partial charge in [-0.3, -0.25) is 14.5 Å². The van der Waals surface area contributed by atoms with Crippen LogP contribution in [0.4, 0.5) is 4.79 Å². The van der Waals surface area contributed by atoms with Crippen LogP contribution in [0.15, 0.2) is 77.7 Å². The lowest BCUT2D eigenvalue weighted by Gasteiger charge is -2.22. The van der Waals surface area contributed by atoms with Crippen LogP contribution in [0.25, 0.3) is 10.8 Å². The van der Waals surface area contributed by atoms with Crippen LogP contribution in [0.2, 0.25) is 0 Å². The van der Waals surface area contributed by atoms with Gasteiger partial charge in [0.05, 0.1) is 0 Å². The highest BCUT2D eigenvalue weighted by Gasteiger charge is 2.49. The molecule has 0 aromatic heterocycles.